The van der Waals surface area contributed by atoms with Gasteiger partial charge in [0.25, 0.3) is 0 Å². The number of aromatic carboxylic acids is 1. The lowest BCUT2D eigenvalue weighted by atomic mass is 10.2. The normalized spacial score (nSPS) is 15.4. The fraction of sp³-hybridized carbons (Fsp3) is 0.167. The Morgan fingerprint density at radius 3 is 2.83 bits per heavy atom. The van der Waals surface area contributed by atoms with E-state index in [1.807, 2.05) is 0 Å². The molecule has 4 heterocycles. The van der Waals surface area contributed by atoms with Gasteiger partial charge in [0.15, 0.2) is 11.1 Å². The van der Waals surface area contributed by atoms with E-state index in [1.54, 1.807) is 34.3 Å². The van der Waals surface area contributed by atoms with Crippen molar-refractivity contribution in [3.05, 3.63) is 55.5 Å². The highest BCUT2D eigenvalue weighted by Crippen LogP contribution is 2.25. The van der Waals surface area contributed by atoms with E-state index in [0.29, 0.717) is 27.6 Å². The van der Waals surface area contributed by atoms with E-state index < -0.39 is 11.7 Å². The topological polar surface area (TPSA) is 149 Å². The van der Waals surface area contributed by atoms with Crippen LogP contribution in [0.15, 0.2) is 33.5 Å². The minimum absolute atomic E-state index is 0.210. The molecule has 5 rings (SSSR count). The fourth-order valence-corrected chi connectivity index (χ4v) is 3.67. The molecule has 146 valence electrons. The lowest BCUT2D eigenvalue weighted by molar-refractivity contribution is 0.0702. The second-order valence-electron chi connectivity index (χ2n) is 6.69. The van der Waals surface area contributed by atoms with Gasteiger partial charge in [-0.05, 0) is 25.0 Å². The summed E-state index contributed by atoms with van der Waals surface area (Å²) in [4.78, 5) is 36.9. The van der Waals surface area contributed by atoms with Gasteiger partial charge in [0.05, 0.1) is 17.9 Å². The van der Waals surface area contributed by atoms with Gasteiger partial charge >= 0.3 is 11.7 Å². The Kier molecular flexibility index (Phi) is 3.84. The Hall–Kier alpha value is -3.73. The summed E-state index contributed by atoms with van der Waals surface area (Å²) in [6, 6.07) is 3.60. The molecule has 1 aliphatic rings. The Bertz CT molecular complexity index is 1440. The maximum atomic E-state index is 11.4. The predicted octanol–water partition coefficient (Wildman–Crippen LogP) is 0.489. The largest absolute Gasteiger partial charge is 0.493 e. The highest BCUT2D eigenvalue weighted by Gasteiger charge is 2.20. The average molecular weight is 410 g/mol. The van der Waals surface area contributed by atoms with Crippen molar-refractivity contribution < 1.29 is 15.0 Å². The second kappa shape index (κ2) is 6.41. The summed E-state index contributed by atoms with van der Waals surface area (Å²) in [5, 5.41) is 25.7. The molecule has 0 saturated heterocycles. The van der Waals surface area contributed by atoms with Crippen LogP contribution in [0.4, 0.5) is 0 Å². The van der Waals surface area contributed by atoms with Crippen molar-refractivity contribution in [1.82, 2.24) is 24.6 Å². The quantitative estimate of drug-likeness (QED) is 0.385. The van der Waals surface area contributed by atoms with Crippen molar-refractivity contribution in [2.45, 2.75) is 18.9 Å². The molecule has 0 aliphatic heterocycles. The van der Waals surface area contributed by atoms with E-state index in [9.17, 15) is 19.8 Å². The Labute approximate surface area is 165 Å². The highest BCUT2D eigenvalue weighted by molar-refractivity contribution is 7.12. The third kappa shape index (κ3) is 3.21. The number of carbonyl (C=O) groups is 1. The number of aromatic hydroxyl groups is 1. The van der Waals surface area contributed by atoms with Gasteiger partial charge in [-0.15, -0.1) is 11.3 Å². The van der Waals surface area contributed by atoms with Gasteiger partial charge in [-0.1, -0.05) is 0 Å². The van der Waals surface area contributed by atoms with Crippen LogP contribution in [0.1, 0.15) is 28.2 Å². The summed E-state index contributed by atoms with van der Waals surface area (Å²) in [7, 11) is 0. The molecule has 0 amide bonds. The molecule has 4 aromatic heterocycles. The first-order valence-electron chi connectivity index (χ1n) is 8.76. The SMILES string of the molecule is O=C(O)c1cc(-c2cc(=NC3CC3)n3nc/c(=C\c4[nH]c(=O)[nH]c4O)c3n2)cs1. The monoisotopic (exact) mass is 410 g/mol. The van der Waals surface area contributed by atoms with Crippen LogP contribution in [-0.4, -0.2) is 46.8 Å². The van der Waals surface area contributed by atoms with E-state index in [2.05, 4.69) is 25.0 Å². The summed E-state index contributed by atoms with van der Waals surface area (Å²) in [6.07, 6.45) is 5.15. The van der Waals surface area contributed by atoms with E-state index in [0.717, 1.165) is 24.2 Å². The molecule has 0 atom stereocenters. The number of aromatic amines is 2. The van der Waals surface area contributed by atoms with Gasteiger partial charge in [0.1, 0.15) is 10.6 Å². The fourth-order valence-electron chi connectivity index (χ4n) is 2.93. The summed E-state index contributed by atoms with van der Waals surface area (Å²) in [5.74, 6) is -1.27. The van der Waals surface area contributed by atoms with Crippen molar-refractivity contribution in [3.8, 4) is 17.1 Å². The molecule has 1 fully saturated rings. The zero-order chi connectivity index (χ0) is 20.1. The molecule has 0 bridgehead atoms. The molecule has 10 nitrogen and oxygen atoms in total. The van der Waals surface area contributed by atoms with Crippen LogP contribution in [0.25, 0.3) is 23.0 Å². The first-order chi connectivity index (χ1) is 14.0. The second-order valence-corrected chi connectivity index (χ2v) is 7.60. The van der Waals surface area contributed by atoms with E-state index in [-0.39, 0.29) is 22.5 Å². The number of thiophene rings is 1. The van der Waals surface area contributed by atoms with Crippen molar-refractivity contribution >= 4 is 29.0 Å². The van der Waals surface area contributed by atoms with E-state index >= 15 is 0 Å². The maximum Gasteiger partial charge on any atom is 0.345 e. The smallest absolute Gasteiger partial charge is 0.345 e. The number of rotatable bonds is 4. The van der Waals surface area contributed by atoms with E-state index in [4.69, 9.17) is 0 Å². The highest BCUT2D eigenvalue weighted by atomic mass is 32.1. The molecule has 0 aromatic carbocycles. The summed E-state index contributed by atoms with van der Waals surface area (Å²) in [5.41, 5.74) is 2.02. The van der Waals surface area contributed by atoms with Gasteiger partial charge in [0.2, 0.25) is 5.88 Å². The van der Waals surface area contributed by atoms with Gasteiger partial charge in [-0.3, -0.25) is 9.98 Å². The van der Waals surface area contributed by atoms with Crippen LogP contribution in [-0.2, 0) is 0 Å². The van der Waals surface area contributed by atoms with Crippen molar-refractivity contribution in [3.63, 3.8) is 0 Å². The number of hydrogen-bond acceptors (Lipinski definition) is 7. The number of nitrogens with one attached hydrogen (secondary N) is 2. The molecule has 4 aromatic rings. The zero-order valence-electron chi connectivity index (χ0n) is 14.8. The molecule has 1 aliphatic carbocycles. The first-order valence-corrected chi connectivity index (χ1v) is 9.64. The molecule has 4 N–H and O–H groups in total. The number of aromatic nitrogens is 5. The zero-order valence-corrected chi connectivity index (χ0v) is 15.6. The lowest BCUT2D eigenvalue weighted by Gasteiger charge is -2.00. The average Bonchev–Trinajstić information content (AvgIpc) is 3.08. The summed E-state index contributed by atoms with van der Waals surface area (Å²) >= 11 is 1.13. The van der Waals surface area contributed by atoms with Crippen LogP contribution in [0.3, 0.4) is 0 Å². The number of H-pyrrole nitrogens is 2. The van der Waals surface area contributed by atoms with Crippen LogP contribution in [0.5, 0.6) is 5.88 Å². The molecule has 1 saturated carbocycles. The molecule has 11 heteroatoms. The molecule has 29 heavy (non-hydrogen) atoms. The maximum absolute atomic E-state index is 11.4. The number of fused-ring (bicyclic) bond motifs is 1. The molecule has 0 unspecified atom stereocenters. The van der Waals surface area contributed by atoms with Gasteiger partial charge in [-0.25, -0.2) is 14.6 Å². The van der Waals surface area contributed by atoms with Gasteiger partial charge in [0, 0.05) is 22.2 Å². The number of imidazole rings is 1. The van der Waals surface area contributed by atoms with Gasteiger partial charge in [-0.2, -0.15) is 9.61 Å². The minimum atomic E-state index is -0.990. The number of carboxylic acids is 1. The van der Waals surface area contributed by atoms with E-state index in [1.165, 1.54) is 0 Å². The minimum Gasteiger partial charge on any atom is -0.493 e. The van der Waals surface area contributed by atoms with Crippen molar-refractivity contribution in [2.75, 3.05) is 0 Å². The number of carboxylic acid groups (broad SMARTS) is 1. The first kappa shape index (κ1) is 17.4. The Morgan fingerprint density at radius 1 is 1.34 bits per heavy atom. The van der Waals surface area contributed by atoms with Crippen molar-refractivity contribution in [2.24, 2.45) is 4.99 Å². The summed E-state index contributed by atoms with van der Waals surface area (Å²) < 4.78 is 1.60. The van der Waals surface area contributed by atoms with Crippen molar-refractivity contribution in [1.29, 1.82) is 0 Å². The Morgan fingerprint density at radius 2 is 2.17 bits per heavy atom. The molecule has 0 radical (unpaired) electrons. The van der Waals surface area contributed by atoms with Crippen LogP contribution in [0.2, 0.25) is 0 Å². The van der Waals surface area contributed by atoms with Crippen LogP contribution >= 0.6 is 11.3 Å². The van der Waals surface area contributed by atoms with Gasteiger partial charge < -0.3 is 15.2 Å². The predicted molar refractivity (Wildman–Crippen MR) is 104 cm³/mol. The third-order valence-corrected chi connectivity index (χ3v) is 5.40. The molecule has 0 spiro atoms. The number of hydrogen-bond donors (Lipinski definition) is 4. The number of nitrogens with zero attached hydrogens (tertiary/aromatic N) is 4. The summed E-state index contributed by atoms with van der Waals surface area (Å²) in [6.45, 7) is 0. The molecular formula is C18H14N6O4S. The Balaban J connectivity index is 1.75. The molecular weight excluding hydrogens is 396 g/mol. The van der Waals surface area contributed by atoms with Crippen LogP contribution < -0.4 is 16.4 Å². The third-order valence-electron chi connectivity index (χ3n) is 4.48. The lowest BCUT2D eigenvalue weighted by Crippen LogP contribution is -2.19. The van der Waals surface area contributed by atoms with Crippen LogP contribution in [0, 0.1) is 0 Å². The standard InChI is InChI=1S/C18H14N6O4S/c25-16-12(22-18(28)23-16)3-8-6-19-24-14(20-10-1-2-10)5-11(21-15(8)24)9-4-13(17(26)27)29-7-9/h3-7,10,25H,1-2H2,(H,26,27)(H2,22,23,28)/b8-3+,20-14?.